The minimum Gasteiger partial charge on any atom is -0.494 e. The van der Waals surface area contributed by atoms with E-state index in [1.54, 1.807) is 0 Å². The van der Waals surface area contributed by atoms with Gasteiger partial charge in [-0.25, -0.2) is 4.79 Å². The molecule has 0 saturated heterocycles. The van der Waals surface area contributed by atoms with Crippen LogP contribution in [0.15, 0.2) is 24.3 Å². The monoisotopic (exact) mass is 389 g/mol. The van der Waals surface area contributed by atoms with Gasteiger partial charge in [0.1, 0.15) is 12.4 Å². The highest BCUT2D eigenvalue weighted by Crippen LogP contribution is 2.13. The number of benzene rings is 1. The summed E-state index contributed by atoms with van der Waals surface area (Å²) in [6.07, 6.45) is 4.11. The second-order valence-corrected chi connectivity index (χ2v) is 7.27. The Balaban J connectivity index is 0.00000625. The maximum Gasteiger partial charge on any atom is 0.407 e. The van der Waals surface area contributed by atoms with Gasteiger partial charge >= 0.3 is 6.09 Å². The fourth-order valence-corrected chi connectivity index (χ4v) is 2.55. The number of nitrogens with one attached hydrogen (secondary N) is 1. The van der Waals surface area contributed by atoms with Crippen LogP contribution in [0.1, 0.15) is 52.0 Å². The fraction of sp³-hybridized carbons (Fsp3) is 0.611. The Morgan fingerprint density at radius 3 is 2.42 bits per heavy atom. The molecule has 1 aromatic carbocycles. The van der Waals surface area contributed by atoms with E-state index in [0.29, 0.717) is 6.61 Å². The Morgan fingerprint density at radius 1 is 1.12 bits per heavy atom. The third kappa shape index (κ3) is 12.5. The number of carbonyl (C=O) groups is 1. The lowest BCUT2D eigenvalue weighted by Gasteiger charge is -2.08. The van der Waals surface area contributed by atoms with Gasteiger partial charge in [0.15, 0.2) is 0 Å². The summed E-state index contributed by atoms with van der Waals surface area (Å²) >= 11 is 0. The summed E-state index contributed by atoms with van der Waals surface area (Å²) < 4.78 is 40.3. The summed E-state index contributed by atoms with van der Waals surface area (Å²) in [6.45, 7) is 3.09. The molecule has 0 fully saturated rings. The molecule has 0 saturated carbocycles. The molecule has 2 N–H and O–H groups in total. The molecule has 0 radical (unpaired) electrons. The van der Waals surface area contributed by atoms with E-state index in [2.05, 4.69) is 12.2 Å². The van der Waals surface area contributed by atoms with E-state index < -0.39 is 22.0 Å². The number of hydrogen-bond donors (Lipinski definition) is 2. The molecule has 1 rings (SSSR count). The quantitative estimate of drug-likeness (QED) is 0.417. The van der Waals surface area contributed by atoms with Crippen molar-refractivity contribution in [2.45, 2.75) is 53.1 Å². The van der Waals surface area contributed by atoms with E-state index in [4.69, 9.17) is 14.0 Å². The Labute approximate surface area is 156 Å². The van der Waals surface area contributed by atoms with E-state index in [1.165, 1.54) is 19.3 Å². The van der Waals surface area contributed by atoms with Crippen molar-refractivity contribution >= 4 is 16.2 Å². The highest BCUT2D eigenvalue weighted by Gasteiger charge is 2.06. The van der Waals surface area contributed by atoms with Gasteiger partial charge in [0.25, 0.3) is 10.1 Å². The molecule has 7 nitrogen and oxygen atoms in total. The maximum atomic E-state index is 11.5. The van der Waals surface area contributed by atoms with E-state index in [-0.39, 0.29) is 27.0 Å². The number of ether oxygens (including phenoxy) is 2. The van der Waals surface area contributed by atoms with Crippen molar-refractivity contribution in [1.29, 1.82) is 0 Å². The normalized spacial score (nSPS) is 10.7. The van der Waals surface area contributed by atoms with Crippen molar-refractivity contribution in [2.75, 3.05) is 18.9 Å². The molecule has 0 spiro atoms. The summed E-state index contributed by atoms with van der Waals surface area (Å²) in [5, 5.41) is 2.42. The Morgan fingerprint density at radius 2 is 1.81 bits per heavy atom. The summed E-state index contributed by atoms with van der Waals surface area (Å²) in [6, 6.07) is 7.32. The second kappa shape index (κ2) is 13.4. The van der Waals surface area contributed by atoms with Crippen LogP contribution in [0, 0.1) is 0 Å². The summed E-state index contributed by atoms with van der Waals surface area (Å²) in [7, 11) is -4.00. The summed E-state index contributed by atoms with van der Waals surface area (Å²) in [5.41, 5.74) is 0.825. The van der Waals surface area contributed by atoms with E-state index in [0.717, 1.165) is 17.7 Å². The predicted octanol–water partition coefficient (Wildman–Crippen LogP) is 3.79. The number of alkyl carbamates (subject to hydrolysis) is 1. The van der Waals surface area contributed by atoms with Gasteiger partial charge in [-0.05, 0) is 30.5 Å². The predicted molar refractivity (Wildman–Crippen MR) is 102 cm³/mol. The molecule has 150 valence electrons. The van der Waals surface area contributed by atoms with Crippen molar-refractivity contribution in [3.63, 3.8) is 0 Å². The van der Waals surface area contributed by atoms with Crippen molar-refractivity contribution < 1.29 is 27.2 Å². The first-order valence-corrected chi connectivity index (χ1v) is 10.1. The minimum absolute atomic E-state index is 0. The lowest BCUT2D eigenvalue weighted by molar-refractivity contribution is 0.139. The first kappa shape index (κ1) is 24.2. The largest absolute Gasteiger partial charge is 0.494 e. The highest BCUT2D eigenvalue weighted by atomic mass is 32.2. The van der Waals surface area contributed by atoms with Crippen LogP contribution in [0.4, 0.5) is 4.79 Å². The van der Waals surface area contributed by atoms with Crippen LogP contribution in [0.5, 0.6) is 5.75 Å². The number of hydrogen-bond acceptors (Lipinski definition) is 5. The zero-order valence-corrected chi connectivity index (χ0v) is 15.4. The average Bonchev–Trinajstić information content (AvgIpc) is 2.57. The third-order valence-corrected chi connectivity index (χ3v) is 4.21. The summed E-state index contributed by atoms with van der Waals surface area (Å²) in [4.78, 5) is 11.5. The van der Waals surface area contributed by atoms with E-state index in [1.807, 2.05) is 24.3 Å². The Hall–Kier alpha value is -1.80. The van der Waals surface area contributed by atoms with Gasteiger partial charge in [0.2, 0.25) is 0 Å². The number of rotatable bonds is 12. The van der Waals surface area contributed by atoms with Gasteiger partial charge in [-0.1, -0.05) is 45.7 Å². The lowest BCUT2D eigenvalue weighted by atomic mass is 10.2. The lowest BCUT2D eigenvalue weighted by Crippen LogP contribution is -2.26. The molecule has 0 heterocycles. The van der Waals surface area contributed by atoms with Crippen molar-refractivity contribution in [1.82, 2.24) is 5.32 Å². The molecule has 0 atom stereocenters. The van der Waals surface area contributed by atoms with Crippen LogP contribution in [0.2, 0.25) is 0 Å². The van der Waals surface area contributed by atoms with E-state index >= 15 is 0 Å². The van der Waals surface area contributed by atoms with Gasteiger partial charge < -0.3 is 14.8 Å². The van der Waals surface area contributed by atoms with Gasteiger partial charge in [-0.2, -0.15) is 8.42 Å². The molecule has 26 heavy (non-hydrogen) atoms. The molecule has 0 aliphatic rings. The molecule has 0 bridgehead atoms. The first-order valence-electron chi connectivity index (χ1n) is 8.48. The maximum absolute atomic E-state index is 11.5. The number of carbonyl (C=O) groups excluding carboxylic acids is 1. The van der Waals surface area contributed by atoms with Crippen molar-refractivity contribution in [3.05, 3.63) is 29.8 Å². The topological polar surface area (TPSA) is 102 Å². The number of amides is 1. The van der Waals surface area contributed by atoms with Gasteiger partial charge in [0.05, 0.1) is 12.4 Å². The van der Waals surface area contributed by atoms with Crippen LogP contribution in [-0.4, -0.2) is 38.0 Å². The second-order valence-electron chi connectivity index (χ2n) is 5.70. The van der Waals surface area contributed by atoms with Crippen LogP contribution in [-0.2, 0) is 21.5 Å². The number of unbranched alkanes of at least 4 members (excludes halogenated alkanes) is 3. The Bertz CT molecular complexity index is 601. The summed E-state index contributed by atoms with van der Waals surface area (Å²) in [5.74, 6) is 0.391. The van der Waals surface area contributed by atoms with Crippen molar-refractivity contribution in [3.8, 4) is 5.75 Å². The Kier molecular flexibility index (Phi) is 12.5. The van der Waals surface area contributed by atoms with Crippen molar-refractivity contribution in [2.24, 2.45) is 0 Å². The molecule has 0 aliphatic carbocycles. The molecular weight excluding hydrogens is 358 g/mol. The molecule has 0 unspecified atom stereocenters. The molecule has 8 heteroatoms. The zero-order valence-electron chi connectivity index (χ0n) is 14.6. The van der Waals surface area contributed by atoms with Gasteiger partial charge in [-0.3, -0.25) is 4.55 Å². The third-order valence-electron chi connectivity index (χ3n) is 3.41. The molecule has 0 aromatic heterocycles. The highest BCUT2D eigenvalue weighted by molar-refractivity contribution is 7.85. The average molecular weight is 390 g/mol. The van der Waals surface area contributed by atoms with Crippen LogP contribution >= 0.6 is 0 Å². The molecular formula is C18H31NO6S. The van der Waals surface area contributed by atoms with E-state index in [9.17, 15) is 13.2 Å². The van der Waals surface area contributed by atoms with Crippen LogP contribution < -0.4 is 10.1 Å². The standard InChI is InChI=1S/C17H27NO6S.CH4/c1-2-3-4-5-12-23-16-9-7-15(8-10-16)14-24-17(19)18-11-6-13-25(20,21)22;/h7-10H,2-6,11-14H2,1H3,(H,18,19)(H,20,21,22);1H4. The molecule has 1 amide bonds. The van der Waals surface area contributed by atoms with Crippen LogP contribution in [0.25, 0.3) is 0 Å². The fourth-order valence-electron chi connectivity index (χ4n) is 2.05. The zero-order chi connectivity index (χ0) is 18.5. The van der Waals surface area contributed by atoms with Gasteiger partial charge in [-0.15, -0.1) is 0 Å². The molecule has 1 aromatic rings. The molecule has 0 aliphatic heterocycles. The SMILES string of the molecule is C.CCCCCCOc1ccc(COC(=O)NCCCS(=O)(=O)O)cc1. The minimum atomic E-state index is -4.00. The van der Waals surface area contributed by atoms with Gasteiger partial charge in [0, 0.05) is 6.54 Å². The first-order chi connectivity index (χ1) is 11.9. The smallest absolute Gasteiger partial charge is 0.407 e. The van der Waals surface area contributed by atoms with Crippen LogP contribution in [0.3, 0.4) is 0 Å².